The lowest BCUT2D eigenvalue weighted by molar-refractivity contribution is -0.614. The van der Waals surface area contributed by atoms with Gasteiger partial charge in [-0.2, -0.15) is 0 Å². The van der Waals surface area contributed by atoms with Gasteiger partial charge in [0.25, 0.3) is 0 Å². The highest BCUT2D eigenvalue weighted by Gasteiger charge is 2.43. The van der Waals surface area contributed by atoms with Crippen LogP contribution in [0.15, 0.2) is 199 Å². The molecule has 7 aromatic rings. The Balaban J connectivity index is 1.13. The largest absolute Gasteiger partial charge is 0.310 e. The fourth-order valence-corrected chi connectivity index (χ4v) is 10.0. The topological polar surface area (TPSA) is 28.0 Å². The van der Waals surface area contributed by atoms with E-state index >= 15 is 0 Å². The maximum atomic E-state index is 2.46. The minimum atomic E-state index is -0.00508. The van der Waals surface area contributed by atoms with E-state index in [-0.39, 0.29) is 11.6 Å². The molecule has 6 aromatic carbocycles. The van der Waals surface area contributed by atoms with Crippen LogP contribution < -0.4 is 15.1 Å². The van der Waals surface area contributed by atoms with Crippen LogP contribution in [0.5, 0.6) is 0 Å². The first kappa shape index (κ1) is 31.7. The van der Waals surface area contributed by atoms with Crippen LogP contribution in [0.1, 0.15) is 12.5 Å². The molecule has 0 fully saturated rings. The predicted octanol–water partition coefficient (Wildman–Crippen LogP) is 11.2. The molecule has 53 heavy (non-hydrogen) atoms. The number of rotatable bonds is 7. The van der Waals surface area contributed by atoms with Crippen LogP contribution in [0.3, 0.4) is 0 Å². The third kappa shape index (κ3) is 5.27. The summed E-state index contributed by atoms with van der Waals surface area (Å²) in [6, 6.07) is 53.0. The zero-order valence-corrected chi connectivity index (χ0v) is 30.3. The van der Waals surface area contributed by atoms with Crippen LogP contribution in [0.25, 0.3) is 27.5 Å². The SMILES string of the molecule is CC12C=CC=CC1Sc1c2ccc2c1c1ccccc1n2-c1cccc(N(c2ccccc2)c2cccc(N(c3ccccc3)C3C=CC=C[NH2+]3)c2)c1. The molecule has 0 saturated carbocycles. The summed E-state index contributed by atoms with van der Waals surface area (Å²) in [6.07, 6.45) is 17.9. The summed E-state index contributed by atoms with van der Waals surface area (Å²) in [7, 11) is 0. The van der Waals surface area contributed by atoms with Gasteiger partial charge in [0.15, 0.2) is 6.17 Å². The number of anilines is 5. The van der Waals surface area contributed by atoms with Crippen LogP contribution >= 0.6 is 11.8 Å². The van der Waals surface area contributed by atoms with Gasteiger partial charge in [-0.25, -0.2) is 0 Å². The molecule has 10 rings (SSSR count). The number of quaternary nitrogens is 1. The highest BCUT2D eigenvalue weighted by Crippen LogP contribution is 2.56. The molecule has 0 amide bonds. The van der Waals surface area contributed by atoms with Gasteiger partial charge in [0.2, 0.25) is 0 Å². The third-order valence-corrected chi connectivity index (χ3v) is 12.5. The number of aromatic nitrogens is 1. The van der Waals surface area contributed by atoms with Gasteiger partial charge in [0.1, 0.15) is 0 Å². The Bertz CT molecular complexity index is 2620. The van der Waals surface area contributed by atoms with Gasteiger partial charge >= 0.3 is 0 Å². The van der Waals surface area contributed by atoms with Gasteiger partial charge in [-0.3, -0.25) is 10.2 Å². The van der Waals surface area contributed by atoms with Gasteiger partial charge < -0.3 is 9.47 Å². The second-order valence-corrected chi connectivity index (χ2v) is 15.3. The number of para-hydroxylation sites is 3. The first-order valence-corrected chi connectivity index (χ1v) is 19.2. The maximum absolute atomic E-state index is 2.46. The molecule has 0 spiro atoms. The van der Waals surface area contributed by atoms with Gasteiger partial charge in [0, 0.05) is 60.5 Å². The van der Waals surface area contributed by atoms with Crippen molar-refractivity contribution in [1.82, 2.24) is 4.57 Å². The molecule has 256 valence electrons. The van der Waals surface area contributed by atoms with Gasteiger partial charge in [-0.1, -0.05) is 110 Å². The molecule has 0 bridgehead atoms. The molecule has 4 nitrogen and oxygen atoms in total. The lowest BCUT2D eigenvalue weighted by Gasteiger charge is -2.32. The van der Waals surface area contributed by atoms with Crippen molar-refractivity contribution in [2.24, 2.45) is 0 Å². The van der Waals surface area contributed by atoms with Crippen molar-refractivity contribution >= 4 is 62.0 Å². The van der Waals surface area contributed by atoms with Crippen molar-refractivity contribution in [2.75, 3.05) is 9.80 Å². The van der Waals surface area contributed by atoms with Gasteiger partial charge in [-0.05, 0) is 90.5 Å². The lowest BCUT2D eigenvalue weighted by Crippen LogP contribution is -2.88. The summed E-state index contributed by atoms with van der Waals surface area (Å²) in [5, 5.41) is 5.29. The second kappa shape index (κ2) is 12.9. The molecule has 2 aliphatic heterocycles. The van der Waals surface area contributed by atoms with Gasteiger partial charge in [-0.15, -0.1) is 11.8 Å². The summed E-state index contributed by atoms with van der Waals surface area (Å²) >= 11 is 2.01. The highest BCUT2D eigenvalue weighted by molar-refractivity contribution is 8.00. The van der Waals surface area contributed by atoms with Crippen molar-refractivity contribution in [3.63, 3.8) is 0 Å². The van der Waals surface area contributed by atoms with Crippen LogP contribution in [-0.4, -0.2) is 16.0 Å². The van der Waals surface area contributed by atoms with Crippen molar-refractivity contribution in [2.45, 2.75) is 28.6 Å². The third-order valence-electron chi connectivity index (χ3n) is 10.9. The van der Waals surface area contributed by atoms with Crippen molar-refractivity contribution in [1.29, 1.82) is 0 Å². The quantitative estimate of drug-likeness (QED) is 0.179. The average Bonchev–Trinajstić information content (AvgIpc) is 3.72. The van der Waals surface area contributed by atoms with Crippen molar-refractivity contribution < 1.29 is 5.32 Å². The minimum Gasteiger partial charge on any atom is -0.310 e. The minimum absolute atomic E-state index is 0.00508. The Labute approximate surface area is 314 Å². The lowest BCUT2D eigenvalue weighted by atomic mass is 9.77. The fraction of sp³-hybridized carbons (Fsp3) is 0.0833. The zero-order chi connectivity index (χ0) is 35.4. The van der Waals surface area contributed by atoms with E-state index in [0.717, 1.165) is 34.1 Å². The normalized spacial score (nSPS) is 19.8. The first-order valence-electron chi connectivity index (χ1n) is 18.3. The number of hydrogen-bond donors (Lipinski definition) is 1. The Morgan fingerprint density at radius 1 is 0.604 bits per heavy atom. The Morgan fingerprint density at radius 3 is 2.11 bits per heavy atom. The Kier molecular flexibility index (Phi) is 7.71. The summed E-state index contributed by atoms with van der Waals surface area (Å²) in [5.41, 5.74) is 10.6. The summed E-state index contributed by atoms with van der Waals surface area (Å²) in [6.45, 7) is 2.39. The van der Waals surface area contributed by atoms with E-state index in [4.69, 9.17) is 0 Å². The molecule has 3 atom stereocenters. The Hall–Kier alpha value is -6.01. The monoisotopic (exact) mass is 703 g/mol. The number of benzene rings is 6. The van der Waals surface area contributed by atoms with Crippen LogP contribution in [-0.2, 0) is 5.41 Å². The number of nitrogens with zero attached hydrogens (tertiary/aromatic N) is 3. The standard InChI is InChI=1S/C48H38N4S/c1-48-30-12-10-26-44(48)53-47-41(48)28-29-43-46(47)40-24-8-9-25-42(40)52(43)39-23-15-21-37(33-39)50(34-16-4-2-5-17-34)36-20-14-22-38(32-36)51(35-18-6-3-7-19-35)45-27-11-13-31-49-45/h2-33,44-45,49H,1H3/p+1. The number of fused-ring (bicyclic) bond motifs is 7. The molecule has 3 heterocycles. The van der Waals surface area contributed by atoms with Crippen molar-refractivity contribution in [3.8, 4) is 5.69 Å². The molecule has 3 unspecified atom stereocenters. The van der Waals surface area contributed by atoms with Crippen LogP contribution in [0.2, 0.25) is 0 Å². The van der Waals surface area contributed by atoms with E-state index < -0.39 is 0 Å². The maximum Gasteiger partial charge on any atom is 0.189 e. The molecular weight excluding hydrogens is 665 g/mol. The van der Waals surface area contributed by atoms with E-state index in [0.29, 0.717) is 5.25 Å². The first-order chi connectivity index (χ1) is 26.2. The van der Waals surface area contributed by atoms with E-state index in [1.807, 2.05) is 11.8 Å². The summed E-state index contributed by atoms with van der Waals surface area (Å²) in [5.74, 6) is 0. The summed E-state index contributed by atoms with van der Waals surface area (Å²) in [4.78, 5) is 6.19. The molecule has 3 aliphatic rings. The van der Waals surface area contributed by atoms with Crippen LogP contribution in [0.4, 0.5) is 28.4 Å². The summed E-state index contributed by atoms with van der Waals surface area (Å²) < 4.78 is 2.46. The van der Waals surface area contributed by atoms with E-state index in [9.17, 15) is 0 Å². The predicted molar refractivity (Wildman–Crippen MR) is 223 cm³/mol. The smallest absolute Gasteiger partial charge is 0.189 e. The number of hydrogen-bond acceptors (Lipinski definition) is 3. The molecule has 1 aromatic heterocycles. The number of allylic oxidation sites excluding steroid dienone is 5. The number of thioether (sulfide) groups is 1. The van der Waals surface area contributed by atoms with E-state index in [2.05, 4.69) is 221 Å². The molecule has 1 aliphatic carbocycles. The van der Waals surface area contributed by atoms with E-state index in [1.165, 1.54) is 32.3 Å². The second-order valence-electron chi connectivity index (χ2n) is 14.1. The highest BCUT2D eigenvalue weighted by atomic mass is 32.2. The molecule has 2 N–H and O–H groups in total. The van der Waals surface area contributed by atoms with E-state index in [1.54, 1.807) is 0 Å². The average molecular weight is 704 g/mol. The fourth-order valence-electron chi connectivity index (χ4n) is 8.42. The van der Waals surface area contributed by atoms with Gasteiger partial charge in [0.05, 0.1) is 17.2 Å². The molecule has 0 saturated heterocycles. The van der Waals surface area contributed by atoms with Crippen LogP contribution in [0, 0.1) is 0 Å². The zero-order valence-electron chi connectivity index (χ0n) is 29.5. The Morgan fingerprint density at radius 2 is 1.30 bits per heavy atom. The van der Waals surface area contributed by atoms with Crippen molar-refractivity contribution in [3.05, 3.63) is 200 Å². The molecular formula is C48H39N4S+. The number of nitrogens with two attached hydrogens (primary N) is 1. The molecule has 5 heteroatoms. The molecule has 0 radical (unpaired) electrons.